The van der Waals surface area contributed by atoms with Gasteiger partial charge in [0.15, 0.2) is 11.5 Å². The molecule has 13 heteroatoms. The average molecular weight is 592 g/mol. The number of anilines is 1. The molecule has 2 fully saturated rings. The van der Waals surface area contributed by atoms with Gasteiger partial charge in [0.25, 0.3) is 0 Å². The number of rotatable bonds is 8. The molecule has 0 amide bonds. The minimum atomic E-state index is -0.396. The number of nitrogens with zero attached hydrogens (tertiary/aromatic N) is 8. The second-order valence-electron chi connectivity index (χ2n) is 11.3. The summed E-state index contributed by atoms with van der Waals surface area (Å²) in [5.74, 6) is 1.35. The zero-order chi connectivity index (χ0) is 29.6. The van der Waals surface area contributed by atoms with Crippen LogP contribution in [0.1, 0.15) is 12.8 Å². The minimum Gasteiger partial charge on any atom is -0.492 e. The predicted octanol–water partition coefficient (Wildman–Crippen LogP) is 3.78. The standard InChI is InChI=1S/C31H30FN11O/c32-19-11-18(12-21(13-19)44-10-9-42-7-1-2-8-42)27-28-23(5-6-35-27)38-31(39-28)30-29-24(40-41-30)4-3-22(37-29)25-14-34-15-26(36-25)43-16-20(33)17-43/h3-6,11-15,20H,1-2,7-10,16-17,33H2,(H,38,39)(H,40,41). The van der Waals surface area contributed by atoms with E-state index in [1.165, 1.54) is 25.0 Å². The molecule has 2 aliphatic rings. The third-order valence-electron chi connectivity index (χ3n) is 8.17. The molecule has 44 heavy (non-hydrogen) atoms. The summed E-state index contributed by atoms with van der Waals surface area (Å²) in [7, 11) is 0. The SMILES string of the molecule is NC1CN(c2cncc(-c3ccc4[nH]nc(-c5nc6c(-c7cc(F)cc(OCCN8CCCC8)c7)nccc6[nH]5)c4n3)n2)C1. The molecule has 222 valence electrons. The normalized spacial score (nSPS) is 15.8. The Morgan fingerprint density at radius 2 is 1.80 bits per heavy atom. The van der Waals surface area contributed by atoms with Crippen LogP contribution in [0.4, 0.5) is 10.2 Å². The lowest BCUT2D eigenvalue weighted by Crippen LogP contribution is -2.56. The fourth-order valence-corrected chi connectivity index (χ4v) is 5.88. The molecule has 0 aliphatic carbocycles. The number of aromatic amines is 2. The third-order valence-corrected chi connectivity index (χ3v) is 8.17. The Morgan fingerprint density at radius 1 is 0.932 bits per heavy atom. The average Bonchev–Trinajstić information content (AvgIpc) is 3.78. The smallest absolute Gasteiger partial charge is 0.161 e. The molecule has 7 heterocycles. The monoisotopic (exact) mass is 591 g/mol. The highest BCUT2D eigenvalue weighted by Gasteiger charge is 2.25. The van der Waals surface area contributed by atoms with E-state index in [2.05, 4.69) is 34.9 Å². The van der Waals surface area contributed by atoms with Crippen molar-refractivity contribution in [2.45, 2.75) is 18.9 Å². The van der Waals surface area contributed by atoms with Crippen LogP contribution in [0.25, 0.3) is 56.2 Å². The molecule has 0 spiro atoms. The van der Waals surface area contributed by atoms with E-state index in [1.807, 2.05) is 24.3 Å². The molecule has 5 aromatic heterocycles. The molecule has 0 radical (unpaired) electrons. The van der Waals surface area contributed by atoms with Crippen LogP contribution in [0, 0.1) is 5.82 Å². The summed E-state index contributed by atoms with van der Waals surface area (Å²) in [6.45, 7) is 4.99. The highest BCUT2D eigenvalue weighted by atomic mass is 19.1. The van der Waals surface area contributed by atoms with Crippen molar-refractivity contribution >= 4 is 27.9 Å². The lowest BCUT2D eigenvalue weighted by Gasteiger charge is -2.37. The van der Waals surface area contributed by atoms with Crippen LogP contribution < -0.4 is 15.4 Å². The van der Waals surface area contributed by atoms with Crippen molar-refractivity contribution < 1.29 is 9.13 Å². The summed E-state index contributed by atoms with van der Waals surface area (Å²) < 4.78 is 20.7. The fourth-order valence-electron chi connectivity index (χ4n) is 5.88. The number of nitrogens with two attached hydrogens (primary N) is 1. The summed E-state index contributed by atoms with van der Waals surface area (Å²) in [6, 6.07) is 10.4. The highest BCUT2D eigenvalue weighted by molar-refractivity contribution is 5.95. The first-order chi connectivity index (χ1) is 21.6. The lowest BCUT2D eigenvalue weighted by molar-refractivity contribution is 0.237. The number of pyridine rings is 2. The van der Waals surface area contributed by atoms with Gasteiger partial charge in [0, 0.05) is 43.5 Å². The van der Waals surface area contributed by atoms with Gasteiger partial charge in [-0.25, -0.2) is 19.3 Å². The number of nitrogens with one attached hydrogen (secondary N) is 2. The zero-order valence-electron chi connectivity index (χ0n) is 23.9. The Labute approximate surface area is 251 Å². The maximum atomic E-state index is 14.7. The van der Waals surface area contributed by atoms with Crippen LogP contribution in [0.15, 0.2) is 55.0 Å². The van der Waals surface area contributed by atoms with Gasteiger partial charge >= 0.3 is 0 Å². The van der Waals surface area contributed by atoms with E-state index in [0.29, 0.717) is 57.6 Å². The van der Waals surface area contributed by atoms with Gasteiger partial charge in [0.05, 0.1) is 34.8 Å². The van der Waals surface area contributed by atoms with Crippen molar-refractivity contribution in [3.8, 4) is 39.9 Å². The lowest BCUT2D eigenvalue weighted by atomic mass is 10.1. The van der Waals surface area contributed by atoms with Crippen molar-refractivity contribution in [2.24, 2.45) is 5.73 Å². The number of H-pyrrole nitrogens is 2. The van der Waals surface area contributed by atoms with Crippen molar-refractivity contribution in [1.29, 1.82) is 0 Å². The van der Waals surface area contributed by atoms with E-state index in [0.717, 1.165) is 49.6 Å². The van der Waals surface area contributed by atoms with E-state index in [-0.39, 0.29) is 6.04 Å². The Bertz CT molecular complexity index is 1980. The topological polar surface area (TPSA) is 151 Å². The van der Waals surface area contributed by atoms with Crippen molar-refractivity contribution in [3.05, 3.63) is 60.8 Å². The number of halogens is 1. The first kappa shape index (κ1) is 26.6. The molecule has 0 saturated carbocycles. The highest BCUT2D eigenvalue weighted by Crippen LogP contribution is 2.32. The van der Waals surface area contributed by atoms with Crippen LogP contribution in [-0.2, 0) is 0 Å². The first-order valence-electron chi connectivity index (χ1n) is 14.8. The molecule has 0 unspecified atom stereocenters. The molecule has 6 aromatic rings. The van der Waals surface area contributed by atoms with Crippen LogP contribution in [0.2, 0.25) is 0 Å². The van der Waals surface area contributed by atoms with Gasteiger partial charge in [-0.1, -0.05) is 0 Å². The maximum Gasteiger partial charge on any atom is 0.161 e. The van der Waals surface area contributed by atoms with Crippen molar-refractivity contribution in [3.63, 3.8) is 0 Å². The molecule has 4 N–H and O–H groups in total. The summed E-state index contributed by atoms with van der Waals surface area (Å²) >= 11 is 0. The number of likely N-dealkylation sites (tertiary alicyclic amines) is 1. The molecule has 0 atom stereocenters. The van der Waals surface area contributed by atoms with E-state index in [4.69, 9.17) is 25.4 Å². The summed E-state index contributed by atoms with van der Waals surface area (Å²) in [5, 5.41) is 7.57. The van der Waals surface area contributed by atoms with E-state index in [9.17, 15) is 4.39 Å². The summed E-state index contributed by atoms with van der Waals surface area (Å²) in [5.41, 5.74) is 11.7. The number of ether oxygens (including phenoxy) is 1. The molecule has 8 rings (SSSR count). The minimum absolute atomic E-state index is 0.156. The van der Waals surface area contributed by atoms with E-state index in [1.54, 1.807) is 18.6 Å². The maximum absolute atomic E-state index is 14.7. The zero-order valence-corrected chi connectivity index (χ0v) is 23.9. The number of imidazole rings is 1. The van der Waals surface area contributed by atoms with Crippen molar-refractivity contribution in [2.75, 3.05) is 44.2 Å². The van der Waals surface area contributed by atoms with Gasteiger partial charge in [0.2, 0.25) is 0 Å². The summed E-state index contributed by atoms with van der Waals surface area (Å²) in [4.78, 5) is 31.3. The van der Waals surface area contributed by atoms with E-state index < -0.39 is 5.82 Å². The molecule has 2 saturated heterocycles. The van der Waals surface area contributed by atoms with Gasteiger partial charge in [-0.3, -0.25) is 20.0 Å². The van der Waals surface area contributed by atoms with Crippen LogP contribution in [0.5, 0.6) is 5.75 Å². The quantitative estimate of drug-likeness (QED) is 0.239. The largest absolute Gasteiger partial charge is 0.492 e. The molecule has 12 nitrogen and oxygen atoms in total. The Balaban J connectivity index is 1.11. The van der Waals surface area contributed by atoms with Gasteiger partial charge in [0.1, 0.15) is 40.7 Å². The number of fused-ring (bicyclic) bond motifs is 2. The number of hydrogen-bond acceptors (Lipinski definition) is 10. The first-order valence-corrected chi connectivity index (χ1v) is 14.8. The molecular weight excluding hydrogens is 561 g/mol. The number of hydrogen-bond donors (Lipinski definition) is 3. The number of benzene rings is 1. The molecule has 1 aromatic carbocycles. The molecule has 2 aliphatic heterocycles. The Hall–Kier alpha value is -5.01. The van der Waals surface area contributed by atoms with Crippen molar-refractivity contribution in [1.82, 2.24) is 45.0 Å². The summed E-state index contributed by atoms with van der Waals surface area (Å²) in [6.07, 6.45) is 7.54. The Kier molecular flexibility index (Phi) is 6.60. The Morgan fingerprint density at radius 3 is 2.66 bits per heavy atom. The third kappa shape index (κ3) is 4.99. The van der Waals surface area contributed by atoms with E-state index >= 15 is 0 Å². The van der Waals surface area contributed by atoms with Gasteiger partial charge < -0.3 is 20.4 Å². The van der Waals surface area contributed by atoms with Crippen LogP contribution >= 0.6 is 0 Å². The second kappa shape index (κ2) is 10.9. The molecule has 0 bridgehead atoms. The predicted molar refractivity (Wildman–Crippen MR) is 165 cm³/mol. The second-order valence-corrected chi connectivity index (χ2v) is 11.3. The fraction of sp³-hybridized carbons (Fsp3) is 0.290. The van der Waals surface area contributed by atoms with Gasteiger partial charge in [-0.15, -0.1) is 0 Å². The van der Waals surface area contributed by atoms with Crippen LogP contribution in [0.3, 0.4) is 0 Å². The van der Waals surface area contributed by atoms with Gasteiger partial charge in [-0.05, 0) is 56.3 Å². The molecular formula is C31H30FN11O. The van der Waals surface area contributed by atoms with Gasteiger partial charge in [-0.2, -0.15) is 5.10 Å². The number of aromatic nitrogens is 8. The van der Waals surface area contributed by atoms with Crippen LogP contribution in [-0.4, -0.2) is 90.4 Å².